The fourth-order valence-electron chi connectivity index (χ4n) is 0.859. The van der Waals surface area contributed by atoms with Gasteiger partial charge in [0, 0.05) is 6.20 Å². The zero-order valence-corrected chi connectivity index (χ0v) is 8.71. The van der Waals surface area contributed by atoms with Crippen LogP contribution < -0.4 is 5.32 Å². The van der Waals surface area contributed by atoms with Gasteiger partial charge in [-0.3, -0.25) is 14.7 Å². The number of carbonyl (C=O) groups is 2. The molecule has 1 heterocycles. The van der Waals surface area contributed by atoms with Gasteiger partial charge in [0.1, 0.15) is 0 Å². The highest BCUT2D eigenvalue weighted by Crippen LogP contribution is 1.98. The van der Waals surface area contributed by atoms with Crippen LogP contribution in [0.4, 0.5) is 0 Å². The summed E-state index contributed by atoms with van der Waals surface area (Å²) in [6.45, 7) is 0.381. The lowest BCUT2D eigenvalue weighted by Crippen LogP contribution is -2.25. The van der Waals surface area contributed by atoms with Crippen molar-refractivity contribution in [3.8, 4) is 0 Å². The largest absolute Gasteiger partial charge is 0.481 e. The van der Waals surface area contributed by atoms with Gasteiger partial charge in [-0.25, -0.2) is 0 Å². The van der Waals surface area contributed by atoms with Crippen molar-refractivity contribution in [2.75, 3.05) is 11.5 Å². The van der Waals surface area contributed by atoms with E-state index < -0.39 is 5.97 Å². The number of H-pyrrole nitrogens is 1. The van der Waals surface area contributed by atoms with E-state index in [2.05, 4.69) is 15.5 Å². The molecule has 15 heavy (non-hydrogen) atoms. The minimum absolute atomic E-state index is 0.0581. The number of carboxylic acid groups (broad SMARTS) is 1. The van der Waals surface area contributed by atoms with Crippen LogP contribution in [-0.4, -0.2) is 38.7 Å². The summed E-state index contributed by atoms with van der Waals surface area (Å²) >= 11 is 1.07. The molecule has 0 aliphatic heterocycles. The standard InChI is InChI=1S/C8H11N3O3S/c12-7(4-15-5-8(13)14)9-3-6-1-2-10-11-6/h1-2H,3-5H2,(H,9,12)(H,10,11)(H,13,14). The lowest BCUT2D eigenvalue weighted by Gasteiger charge is -2.01. The molecule has 82 valence electrons. The van der Waals surface area contributed by atoms with E-state index in [1.165, 1.54) is 0 Å². The number of amides is 1. The fraction of sp³-hybridized carbons (Fsp3) is 0.375. The maximum atomic E-state index is 11.2. The molecule has 0 fully saturated rings. The quantitative estimate of drug-likeness (QED) is 0.630. The molecule has 7 heteroatoms. The predicted molar refractivity (Wildman–Crippen MR) is 55.4 cm³/mol. The molecule has 0 aromatic carbocycles. The number of aliphatic carboxylic acids is 1. The van der Waals surface area contributed by atoms with Crippen molar-refractivity contribution < 1.29 is 14.7 Å². The lowest BCUT2D eigenvalue weighted by molar-refractivity contribution is -0.133. The number of carboxylic acids is 1. The van der Waals surface area contributed by atoms with Gasteiger partial charge in [-0.1, -0.05) is 0 Å². The zero-order chi connectivity index (χ0) is 11.1. The van der Waals surface area contributed by atoms with Crippen LogP contribution in [0.3, 0.4) is 0 Å². The van der Waals surface area contributed by atoms with Gasteiger partial charge in [0.25, 0.3) is 0 Å². The van der Waals surface area contributed by atoms with E-state index in [4.69, 9.17) is 5.11 Å². The van der Waals surface area contributed by atoms with Gasteiger partial charge >= 0.3 is 5.97 Å². The molecule has 1 aromatic rings. The maximum absolute atomic E-state index is 11.2. The summed E-state index contributed by atoms with van der Waals surface area (Å²) in [4.78, 5) is 21.3. The van der Waals surface area contributed by atoms with Gasteiger partial charge in [-0.05, 0) is 6.07 Å². The predicted octanol–water partition coefficient (Wildman–Crippen LogP) is -0.156. The lowest BCUT2D eigenvalue weighted by atomic mass is 10.4. The number of thioether (sulfide) groups is 1. The number of hydrogen-bond donors (Lipinski definition) is 3. The van der Waals surface area contributed by atoms with Crippen LogP contribution in [-0.2, 0) is 16.1 Å². The Balaban J connectivity index is 2.11. The molecule has 0 bridgehead atoms. The van der Waals surface area contributed by atoms with E-state index >= 15 is 0 Å². The maximum Gasteiger partial charge on any atom is 0.313 e. The molecule has 0 aliphatic carbocycles. The van der Waals surface area contributed by atoms with Crippen LogP contribution in [0.15, 0.2) is 12.3 Å². The van der Waals surface area contributed by atoms with E-state index in [0.29, 0.717) is 6.54 Å². The second-order valence-corrected chi connectivity index (χ2v) is 3.73. The monoisotopic (exact) mass is 229 g/mol. The van der Waals surface area contributed by atoms with Gasteiger partial charge < -0.3 is 10.4 Å². The highest BCUT2D eigenvalue weighted by molar-refractivity contribution is 8.00. The van der Waals surface area contributed by atoms with E-state index in [0.717, 1.165) is 17.5 Å². The van der Waals surface area contributed by atoms with E-state index in [9.17, 15) is 9.59 Å². The second kappa shape index (κ2) is 6.07. The molecule has 6 nitrogen and oxygen atoms in total. The molecule has 0 atom stereocenters. The Morgan fingerprint density at radius 1 is 1.53 bits per heavy atom. The first-order valence-corrected chi connectivity index (χ1v) is 5.38. The van der Waals surface area contributed by atoms with Crippen molar-refractivity contribution in [3.05, 3.63) is 18.0 Å². The first kappa shape index (κ1) is 11.6. The Labute approximate surface area is 90.4 Å². The zero-order valence-electron chi connectivity index (χ0n) is 7.90. The topological polar surface area (TPSA) is 95.1 Å². The van der Waals surface area contributed by atoms with Crippen molar-refractivity contribution in [2.24, 2.45) is 0 Å². The smallest absolute Gasteiger partial charge is 0.313 e. The Bertz CT molecular complexity index is 326. The van der Waals surface area contributed by atoms with Gasteiger partial charge in [0.15, 0.2) is 0 Å². The first-order valence-electron chi connectivity index (χ1n) is 4.23. The summed E-state index contributed by atoms with van der Waals surface area (Å²) in [6.07, 6.45) is 1.60. The average molecular weight is 229 g/mol. The molecule has 1 rings (SSSR count). The SMILES string of the molecule is O=C(O)CSCC(=O)NCc1ccn[nH]1. The summed E-state index contributed by atoms with van der Waals surface area (Å²) in [6, 6.07) is 1.75. The third-order valence-corrected chi connectivity index (χ3v) is 2.41. The number of nitrogens with one attached hydrogen (secondary N) is 2. The Morgan fingerprint density at radius 3 is 2.93 bits per heavy atom. The van der Waals surface area contributed by atoms with Crippen molar-refractivity contribution in [3.63, 3.8) is 0 Å². The molecule has 3 N–H and O–H groups in total. The summed E-state index contributed by atoms with van der Waals surface area (Å²) in [5.74, 6) is -1.00. The fourth-order valence-corrected chi connectivity index (χ4v) is 1.42. The van der Waals surface area contributed by atoms with Crippen molar-refractivity contribution >= 4 is 23.6 Å². The molecular formula is C8H11N3O3S. The van der Waals surface area contributed by atoms with Crippen molar-refractivity contribution in [1.29, 1.82) is 0 Å². The minimum atomic E-state index is -0.915. The molecule has 0 unspecified atom stereocenters. The minimum Gasteiger partial charge on any atom is -0.481 e. The number of aromatic nitrogens is 2. The van der Waals surface area contributed by atoms with Gasteiger partial charge in [0.05, 0.1) is 23.7 Å². The Morgan fingerprint density at radius 2 is 2.33 bits per heavy atom. The normalized spacial score (nSPS) is 9.87. The highest BCUT2D eigenvalue weighted by Gasteiger charge is 2.04. The van der Waals surface area contributed by atoms with Crippen LogP contribution in [0.1, 0.15) is 5.69 Å². The second-order valence-electron chi connectivity index (χ2n) is 2.75. The molecular weight excluding hydrogens is 218 g/mol. The molecule has 0 saturated carbocycles. The number of rotatable bonds is 6. The van der Waals surface area contributed by atoms with Crippen molar-refractivity contribution in [2.45, 2.75) is 6.54 Å². The third kappa shape index (κ3) is 5.06. The van der Waals surface area contributed by atoms with Gasteiger partial charge in [0.2, 0.25) is 5.91 Å². The van der Waals surface area contributed by atoms with Gasteiger partial charge in [-0.2, -0.15) is 5.10 Å². The molecule has 0 radical (unpaired) electrons. The Kier molecular flexibility index (Phi) is 4.69. The summed E-state index contributed by atoms with van der Waals surface area (Å²) < 4.78 is 0. The summed E-state index contributed by atoms with van der Waals surface area (Å²) in [5.41, 5.74) is 0.812. The molecule has 0 spiro atoms. The van der Waals surface area contributed by atoms with Gasteiger partial charge in [-0.15, -0.1) is 11.8 Å². The third-order valence-electron chi connectivity index (χ3n) is 1.49. The highest BCUT2D eigenvalue weighted by atomic mass is 32.2. The van der Waals surface area contributed by atoms with Crippen LogP contribution in [0.5, 0.6) is 0 Å². The number of carbonyl (C=O) groups excluding carboxylic acids is 1. The van der Waals surface area contributed by atoms with E-state index in [-0.39, 0.29) is 17.4 Å². The number of hydrogen-bond acceptors (Lipinski definition) is 4. The summed E-state index contributed by atoms with van der Waals surface area (Å²) in [5, 5.41) is 17.4. The number of aromatic amines is 1. The van der Waals surface area contributed by atoms with Crippen LogP contribution >= 0.6 is 11.8 Å². The number of nitrogens with zero attached hydrogens (tertiary/aromatic N) is 1. The average Bonchev–Trinajstić information content (AvgIpc) is 2.66. The molecule has 0 aliphatic rings. The van der Waals surface area contributed by atoms with Crippen molar-refractivity contribution in [1.82, 2.24) is 15.5 Å². The van der Waals surface area contributed by atoms with E-state index in [1.807, 2.05) is 0 Å². The van der Waals surface area contributed by atoms with Crippen LogP contribution in [0.2, 0.25) is 0 Å². The molecule has 1 amide bonds. The Hall–Kier alpha value is -1.50. The molecule has 0 saturated heterocycles. The first-order chi connectivity index (χ1) is 7.18. The van der Waals surface area contributed by atoms with E-state index in [1.54, 1.807) is 12.3 Å². The van der Waals surface area contributed by atoms with Crippen LogP contribution in [0, 0.1) is 0 Å². The summed E-state index contributed by atoms with van der Waals surface area (Å²) in [7, 11) is 0. The van der Waals surface area contributed by atoms with Crippen LogP contribution in [0.25, 0.3) is 0 Å². The molecule has 1 aromatic heterocycles.